The van der Waals surface area contributed by atoms with Gasteiger partial charge in [0.2, 0.25) is 0 Å². The lowest BCUT2D eigenvalue weighted by molar-refractivity contribution is 0.383. The van der Waals surface area contributed by atoms with Crippen LogP contribution in [0.4, 0.5) is 0 Å². The summed E-state index contributed by atoms with van der Waals surface area (Å²) in [6.07, 6.45) is 11.1. The number of allylic oxidation sites excluding steroid dienone is 2. The largest absolute Gasteiger partial charge is 0.289 e. The normalized spacial score (nSPS) is 26.7. The van der Waals surface area contributed by atoms with E-state index in [9.17, 15) is 5.26 Å². The molecule has 0 aromatic carbocycles. The Labute approximate surface area is 119 Å². The zero-order valence-electron chi connectivity index (χ0n) is 12.9. The Hall–Kier alpha value is -1.06. The Morgan fingerprint density at radius 2 is 1.26 bits per heavy atom. The van der Waals surface area contributed by atoms with Gasteiger partial charge in [0, 0.05) is 0 Å². The molecule has 0 aromatic heterocycles. The number of hydrogen-bond donors (Lipinski definition) is 0. The molecule has 4 heteroatoms. The van der Waals surface area contributed by atoms with Gasteiger partial charge in [-0.3, -0.25) is 4.90 Å². The average molecular weight is 289 g/mol. The lowest BCUT2D eigenvalue weighted by Crippen LogP contribution is -2.37. The fourth-order valence-electron chi connectivity index (χ4n) is 3.31. The van der Waals surface area contributed by atoms with Crippen molar-refractivity contribution in [1.29, 1.82) is 5.26 Å². The van der Waals surface area contributed by atoms with Crippen molar-refractivity contribution < 1.29 is 0 Å². The second-order valence-electron chi connectivity index (χ2n) is 7.49. The maximum atomic E-state index is 9.58. The average Bonchev–Trinajstić information content (AvgIpc) is 2.39. The Morgan fingerprint density at radius 3 is 1.53 bits per heavy atom. The minimum absolute atomic E-state index is 0.207. The third kappa shape index (κ3) is 2.37. The van der Waals surface area contributed by atoms with Crippen molar-refractivity contribution in [3.63, 3.8) is 0 Å². The van der Waals surface area contributed by atoms with E-state index >= 15 is 0 Å². The van der Waals surface area contributed by atoms with E-state index in [1.807, 2.05) is 4.90 Å². The third-order valence-corrected chi connectivity index (χ3v) is 8.52. The van der Waals surface area contributed by atoms with Crippen LogP contribution in [0, 0.1) is 11.5 Å². The van der Waals surface area contributed by atoms with Crippen LogP contribution in [-0.4, -0.2) is 33.1 Å². The van der Waals surface area contributed by atoms with Gasteiger partial charge in [-0.1, -0.05) is 74.0 Å². The molecule has 0 radical (unpaired) electrons. The molecule has 2 nitrogen and oxygen atoms in total. The molecule has 2 unspecified atom stereocenters. The molecule has 2 rings (SSSR count). The summed E-state index contributed by atoms with van der Waals surface area (Å²) in [5, 5.41) is 12.8. The molecule has 2 atom stereocenters. The number of rotatable bonds is 2. The van der Waals surface area contributed by atoms with E-state index in [1.54, 1.807) is 10.4 Å². The summed E-state index contributed by atoms with van der Waals surface area (Å²) >= 11 is 0. The minimum Gasteiger partial charge on any atom is -0.289 e. The van der Waals surface area contributed by atoms with Crippen molar-refractivity contribution in [3.05, 3.63) is 34.7 Å². The van der Waals surface area contributed by atoms with Crippen LogP contribution >= 0.6 is 0 Å². The first-order valence-corrected chi connectivity index (χ1v) is 14.0. The van der Waals surface area contributed by atoms with E-state index in [0.29, 0.717) is 0 Å². The summed E-state index contributed by atoms with van der Waals surface area (Å²) in [5.41, 5.74) is 0. The molecule has 2 aliphatic heterocycles. The smallest absolute Gasteiger partial charge is 0.181 e. The summed E-state index contributed by atoms with van der Waals surface area (Å²) in [7, 11) is -2.85. The lowest BCUT2D eigenvalue weighted by Gasteiger charge is -2.29. The van der Waals surface area contributed by atoms with E-state index in [1.165, 1.54) is 0 Å². The molecule has 102 valence electrons. The molecule has 0 aromatic rings. The monoisotopic (exact) mass is 288 g/mol. The number of hydrogen-bond acceptors (Lipinski definition) is 2. The van der Waals surface area contributed by atoms with Crippen LogP contribution in [0.1, 0.15) is 0 Å². The fraction of sp³-hybridized carbons (Fsp3) is 0.533. The number of nitrogens with zero attached hydrogens (tertiary/aromatic N) is 2. The van der Waals surface area contributed by atoms with Crippen molar-refractivity contribution in [2.75, 3.05) is 0 Å². The van der Waals surface area contributed by atoms with E-state index < -0.39 is 16.1 Å². The van der Waals surface area contributed by atoms with Crippen LogP contribution in [-0.2, 0) is 0 Å². The van der Waals surface area contributed by atoms with E-state index in [2.05, 4.69) is 69.8 Å². The van der Waals surface area contributed by atoms with Crippen molar-refractivity contribution in [3.8, 4) is 6.19 Å². The second kappa shape index (κ2) is 4.50. The zero-order chi connectivity index (χ0) is 14.4. The van der Waals surface area contributed by atoms with Crippen LogP contribution in [0.25, 0.3) is 0 Å². The van der Waals surface area contributed by atoms with Crippen LogP contribution in [0.3, 0.4) is 0 Å². The summed E-state index contributed by atoms with van der Waals surface area (Å²) in [4.78, 5) is 2.00. The fourth-order valence-corrected chi connectivity index (χ4v) is 9.71. The van der Waals surface area contributed by atoms with Gasteiger partial charge in [-0.25, -0.2) is 0 Å². The molecular weight excluding hydrogens is 264 g/mol. The maximum absolute atomic E-state index is 9.58. The van der Waals surface area contributed by atoms with Gasteiger partial charge in [-0.05, 0) is 0 Å². The highest BCUT2D eigenvalue weighted by Gasteiger charge is 2.46. The molecule has 0 fully saturated rings. The molecule has 0 saturated heterocycles. The Balaban J connectivity index is 2.70. The van der Waals surface area contributed by atoms with E-state index in [4.69, 9.17) is 0 Å². The summed E-state index contributed by atoms with van der Waals surface area (Å²) in [6.45, 7) is 14.5. The molecule has 0 amide bonds. The summed E-state index contributed by atoms with van der Waals surface area (Å²) in [6, 6.07) is 0.414. The molecule has 0 N–H and O–H groups in total. The minimum atomic E-state index is -1.43. The van der Waals surface area contributed by atoms with Gasteiger partial charge in [-0.2, -0.15) is 5.26 Å². The lowest BCUT2D eigenvalue weighted by atomic mass is 10.2. The molecule has 0 saturated carbocycles. The third-order valence-electron chi connectivity index (χ3n) is 3.91. The highest BCUT2D eigenvalue weighted by Crippen LogP contribution is 2.42. The van der Waals surface area contributed by atoms with Crippen molar-refractivity contribution in [2.24, 2.45) is 0 Å². The first kappa shape index (κ1) is 14.4. The predicted molar refractivity (Wildman–Crippen MR) is 87.0 cm³/mol. The number of nitriles is 1. The quantitative estimate of drug-likeness (QED) is 0.572. The van der Waals surface area contributed by atoms with Crippen molar-refractivity contribution >= 4 is 16.1 Å². The highest BCUT2D eigenvalue weighted by molar-refractivity contribution is 6.89. The maximum Gasteiger partial charge on any atom is 0.181 e. The molecule has 0 aliphatic carbocycles. The molecular formula is C15H24N2Si2. The molecule has 2 aliphatic rings. The van der Waals surface area contributed by atoms with Gasteiger partial charge < -0.3 is 0 Å². The van der Waals surface area contributed by atoms with Gasteiger partial charge in [0.25, 0.3) is 0 Å². The molecule has 2 heterocycles. The van der Waals surface area contributed by atoms with Crippen LogP contribution < -0.4 is 0 Å². The molecule has 0 spiro atoms. The second-order valence-corrected chi connectivity index (χ2v) is 17.6. The summed E-state index contributed by atoms with van der Waals surface area (Å²) in [5.74, 6) is 0. The Morgan fingerprint density at radius 1 is 0.895 bits per heavy atom. The first-order valence-electron chi connectivity index (χ1n) is 6.96. The summed E-state index contributed by atoms with van der Waals surface area (Å²) < 4.78 is 0. The van der Waals surface area contributed by atoms with Crippen molar-refractivity contribution in [1.82, 2.24) is 4.90 Å². The van der Waals surface area contributed by atoms with E-state index in [0.717, 1.165) is 0 Å². The first-order chi connectivity index (χ1) is 8.68. The van der Waals surface area contributed by atoms with Gasteiger partial charge in [0.05, 0.1) is 28.2 Å². The van der Waals surface area contributed by atoms with Gasteiger partial charge in [0.1, 0.15) is 0 Å². The molecule has 2 bridgehead atoms. The Bertz CT molecular complexity index is 470. The SMILES string of the molecule is C[Si](C)(C)C1=C([Si](C)(C)C)C2C=CC=CC1N2C#N. The van der Waals surface area contributed by atoms with E-state index in [-0.39, 0.29) is 12.1 Å². The zero-order valence-corrected chi connectivity index (χ0v) is 14.9. The van der Waals surface area contributed by atoms with Gasteiger partial charge in [0.15, 0.2) is 6.19 Å². The Kier molecular flexibility index (Phi) is 3.40. The topological polar surface area (TPSA) is 27.0 Å². The van der Waals surface area contributed by atoms with Crippen LogP contribution in [0.15, 0.2) is 34.7 Å². The predicted octanol–water partition coefficient (Wildman–Crippen LogP) is 3.70. The van der Waals surface area contributed by atoms with Gasteiger partial charge in [-0.15, -0.1) is 0 Å². The molecule has 19 heavy (non-hydrogen) atoms. The highest BCUT2D eigenvalue weighted by atomic mass is 28.3. The number of fused-ring (bicyclic) bond motifs is 2. The standard InChI is InChI=1S/C15H24N2Si2/c1-18(2,3)14-12-9-7-8-10-13(17(12)11-16)15(14)19(4,5)6/h7-10,12-13H,1-6H3. The van der Waals surface area contributed by atoms with Gasteiger partial charge >= 0.3 is 0 Å². The van der Waals surface area contributed by atoms with Crippen LogP contribution in [0.5, 0.6) is 0 Å². The van der Waals surface area contributed by atoms with Crippen molar-refractivity contribution in [2.45, 2.75) is 51.4 Å². The van der Waals surface area contributed by atoms with Crippen LogP contribution in [0.2, 0.25) is 39.3 Å².